The van der Waals surface area contributed by atoms with E-state index < -0.39 is 44.8 Å². The van der Waals surface area contributed by atoms with Crippen LogP contribution in [-0.2, 0) is 69.4 Å². The van der Waals surface area contributed by atoms with Crippen LogP contribution < -0.4 is 89.9 Å². The molecule has 11 aromatic rings. The molecular formula is C80H102B2Br2F2I2N22O10-2. The Labute approximate surface area is 748 Å². The van der Waals surface area contributed by atoms with Gasteiger partial charge in [-0.2, -0.15) is 25.5 Å². The van der Waals surface area contributed by atoms with E-state index in [0.717, 1.165) is 97.6 Å². The second-order valence-corrected chi connectivity index (χ2v) is 35.7. The predicted octanol–water partition coefficient (Wildman–Crippen LogP) is 3.09. The topological polar surface area (TPSA) is 357 Å². The maximum atomic E-state index is 13.4. The van der Waals surface area contributed by atoms with E-state index in [1.165, 1.54) is 45.6 Å². The number of H-pyrrole nitrogens is 1. The van der Waals surface area contributed by atoms with Crippen molar-refractivity contribution in [2.75, 3.05) is 93.3 Å². The summed E-state index contributed by atoms with van der Waals surface area (Å²) in [5.41, 5.74) is 16.7. The fourth-order valence-corrected chi connectivity index (χ4v) is 13.5. The zero-order valence-electron chi connectivity index (χ0n) is 70.7. The monoisotopic (exact) mass is 2000 g/mol. The number of methoxy groups -OCH3 is 3. The van der Waals surface area contributed by atoms with Crippen molar-refractivity contribution in [1.82, 2.24) is 78.9 Å². The van der Waals surface area contributed by atoms with Gasteiger partial charge in [-0.25, -0.2) is 57.3 Å². The number of nitrogens with two attached hydrogens (primary N) is 2. The van der Waals surface area contributed by atoms with Crippen molar-refractivity contribution in [1.29, 1.82) is 0 Å². The summed E-state index contributed by atoms with van der Waals surface area (Å²) in [4.78, 5) is 70.8. The molecule has 40 heteroatoms. The number of fused-ring (bicyclic) bond motifs is 2. The molecule has 0 amide bonds. The van der Waals surface area contributed by atoms with Crippen molar-refractivity contribution in [2.24, 2.45) is 11.5 Å². The van der Waals surface area contributed by atoms with Crippen molar-refractivity contribution >= 4 is 109 Å². The highest BCUT2D eigenvalue weighted by molar-refractivity contribution is 9.10. The molecule has 4 aliphatic heterocycles. The second kappa shape index (κ2) is 37.9. The van der Waals surface area contributed by atoms with Crippen molar-refractivity contribution in [3.05, 3.63) is 186 Å². The number of ether oxygens (including phenoxy) is 3. The van der Waals surface area contributed by atoms with Crippen LogP contribution in [0.2, 0.25) is 0 Å². The van der Waals surface area contributed by atoms with Crippen LogP contribution in [0.3, 0.4) is 0 Å². The van der Waals surface area contributed by atoms with Gasteiger partial charge in [0.1, 0.15) is 39.6 Å². The maximum Gasteiger partial charge on any atom is 0.498 e. The number of hydrogen-bond donors (Lipinski definition) is 3. The van der Waals surface area contributed by atoms with Gasteiger partial charge in [0.2, 0.25) is 11.9 Å². The van der Waals surface area contributed by atoms with Gasteiger partial charge in [-0.1, -0.05) is 40.2 Å². The van der Waals surface area contributed by atoms with E-state index in [0.29, 0.717) is 38.1 Å². The Kier molecular flexibility index (Phi) is 30.1. The number of hydrogen-bond acceptors (Lipinski definition) is 27. The molecule has 0 radical (unpaired) electrons. The minimum atomic E-state index is -0.937. The molecule has 0 bridgehead atoms. The summed E-state index contributed by atoms with van der Waals surface area (Å²) in [6.07, 6.45) is 24.5. The minimum absolute atomic E-state index is 0. The molecule has 4 aliphatic rings. The number of carbonyl (C=O) groups excluding carboxylic acids is 3. The summed E-state index contributed by atoms with van der Waals surface area (Å²) in [6, 6.07) is 16.4. The van der Waals surface area contributed by atoms with E-state index in [1.54, 1.807) is 148 Å². The first-order valence-corrected chi connectivity index (χ1v) is 39.8. The number of esters is 3. The Morgan fingerprint density at radius 2 is 0.842 bits per heavy atom. The highest BCUT2D eigenvalue weighted by Crippen LogP contribution is 2.39. The number of piperazine rings is 2. The van der Waals surface area contributed by atoms with E-state index in [9.17, 15) is 23.2 Å². The molecule has 32 nitrogen and oxygen atoms in total. The van der Waals surface area contributed by atoms with E-state index in [4.69, 9.17) is 39.6 Å². The molecular weight excluding hydrogens is 1900 g/mol. The lowest BCUT2D eigenvalue weighted by Crippen LogP contribution is -3.00. The number of alkyl halides is 1. The molecule has 2 aromatic carbocycles. The summed E-state index contributed by atoms with van der Waals surface area (Å²) in [6.45, 7) is 36.3. The van der Waals surface area contributed by atoms with Crippen molar-refractivity contribution in [2.45, 2.75) is 160 Å². The van der Waals surface area contributed by atoms with Gasteiger partial charge in [0.15, 0.2) is 22.7 Å². The lowest BCUT2D eigenvalue weighted by Gasteiger charge is -2.35. The summed E-state index contributed by atoms with van der Waals surface area (Å²) in [7, 11) is 3.30. The lowest BCUT2D eigenvalue weighted by molar-refractivity contribution is -0.150. The molecule has 9 aromatic heterocycles. The fourth-order valence-electron chi connectivity index (χ4n) is 12.9. The van der Waals surface area contributed by atoms with E-state index in [-0.39, 0.29) is 95.8 Å². The predicted molar refractivity (Wildman–Crippen MR) is 452 cm³/mol. The molecule has 2 atom stereocenters. The zero-order valence-corrected chi connectivity index (χ0v) is 78.2. The third-order valence-electron chi connectivity index (χ3n) is 22.1. The molecule has 13 heterocycles. The first-order chi connectivity index (χ1) is 55.4. The zero-order chi connectivity index (χ0) is 85.9. The molecule has 120 heavy (non-hydrogen) atoms. The Hall–Kier alpha value is -8.75. The van der Waals surface area contributed by atoms with Crippen LogP contribution in [0.25, 0.3) is 22.2 Å². The average Bonchev–Trinajstić information content (AvgIpc) is 1.68. The number of nitrogens with zero attached hydrogens (tertiary/aromatic N) is 19. The number of rotatable bonds is 16. The van der Waals surface area contributed by atoms with Crippen LogP contribution in [0.4, 0.5) is 32.3 Å². The number of aromatic amines is 1. The summed E-state index contributed by atoms with van der Waals surface area (Å²) < 4.78 is 71.7. The molecule has 4 fully saturated rings. The maximum absolute atomic E-state index is 13.4. The Bertz CT molecular complexity index is 5240. The smallest absolute Gasteiger partial charge is 0.498 e. The molecule has 0 unspecified atom stereocenters. The SMILES string of the molecule is CC1(C)OB(c2cn[nH]c2)OC1(C)C.COC(=O)C(C)(C)Br.COC(=O)C(C)(C)n1cc(-c2cc3c(N4CCN(c5ncc([C@@](C)(N)c6ccc(F)cc6)cn5)CC4)ncnn3c2)cn1.COC(=O)C(C)(C)n1cc(B2OC(C)(C)C(C)(C)O2)cn1.C[C@](N)(c1ccc(F)cc1)c1cnc(N2CCN(c3ncnn4cc(Br)cc34)CC2)nc1.[I-].[I-]. The van der Waals surface area contributed by atoms with Crippen LogP contribution in [-0.4, -0.2) is 211 Å². The van der Waals surface area contributed by atoms with Gasteiger partial charge < -0.3 is 112 Å². The first-order valence-electron chi connectivity index (χ1n) is 38.2. The molecule has 15 rings (SSSR count). The van der Waals surface area contributed by atoms with E-state index in [1.807, 2.05) is 104 Å². The number of aromatic nitrogens is 16. The summed E-state index contributed by atoms with van der Waals surface area (Å²) in [5.74, 6) is 1.47. The summed E-state index contributed by atoms with van der Waals surface area (Å²) >= 11 is 6.63. The Morgan fingerprint density at radius 3 is 1.23 bits per heavy atom. The summed E-state index contributed by atoms with van der Waals surface area (Å²) in [5, 5.41) is 24.0. The van der Waals surface area contributed by atoms with Crippen LogP contribution in [0.1, 0.15) is 133 Å². The Balaban J connectivity index is 0.000000187. The normalized spacial score (nSPS) is 17.1. The molecule has 0 spiro atoms. The first kappa shape index (κ1) is 95.1. The molecule has 4 saturated heterocycles. The number of halogens is 6. The van der Waals surface area contributed by atoms with E-state index in [2.05, 4.69) is 117 Å². The third-order valence-corrected chi connectivity index (χ3v) is 22.9. The van der Waals surface area contributed by atoms with Gasteiger partial charge in [-0.3, -0.25) is 19.3 Å². The number of benzene rings is 2. The Morgan fingerprint density at radius 1 is 0.467 bits per heavy atom. The van der Waals surface area contributed by atoms with Crippen LogP contribution in [0.5, 0.6) is 0 Å². The van der Waals surface area contributed by atoms with Crippen molar-refractivity contribution in [3.8, 4) is 11.1 Å². The van der Waals surface area contributed by atoms with Gasteiger partial charge in [-0.15, -0.1) is 0 Å². The highest BCUT2D eigenvalue weighted by atomic mass is 127. The number of nitrogens with one attached hydrogen (secondary N) is 1. The molecule has 5 N–H and O–H groups in total. The molecule has 0 aliphatic carbocycles. The second-order valence-electron chi connectivity index (χ2n) is 32.8. The highest BCUT2D eigenvalue weighted by Gasteiger charge is 2.54. The van der Waals surface area contributed by atoms with E-state index >= 15 is 0 Å². The van der Waals surface area contributed by atoms with Crippen LogP contribution >= 0.6 is 31.9 Å². The van der Waals surface area contributed by atoms with Crippen LogP contribution in [0, 0.1) is 11.6 Å². The number of anilines is 4. The van der Waals surface area contributed by atoms with Gasteiger partial charge in [0.25, 0.3) is 0 Å². The van der Waals surface area contributed by atoms with Gasteiger partial charge in [0, 0.05) is 158 Å². The third kappa shape index (κ3) is 21.1. The average molecular weight is 2010 g/mol. The molecule has 642 valence electrons. The van der Waals surface area contributed by atoms with Gasteiger partial charge in [0.05, 0.1) is 61.0 Å². The number of carbonyl (C=O) groups is 3. The van der Waals surface area contributed by atoms with Crippen molar-refractivity contribution in [3.63, 3.8) is 0 Å². The lowest BCUT2D eigenvalue weighted by atomic mass is 9.82. The largest absolute Gasteiger partial charge is 1.00 e. The minimum Gasteiger partial charge on any atom is -1.00 e. The van der Waals surface area contributed by atoms with Gasteiger partial charge >= 0.3 is 32.1 Å². The van der Waals surface area contributed by atoms with Gasteiger partial charge in [-0.05, 0) is 174 Å². The van der Waals surface area contributed by atoms with Crippen LogP contribution in [0.15, 0.2) is 152 Å². The van der Waals surface area contributed by atoms with Crippen molar-refractivity contribution < 1.29 is 104 Å². The fraction of sp³-hybridized carbons (Fsp3) is 0.450. The molecule has 0 saturated carbocycles. The standard InChI is InChI=1S/C30H33FN10O2.C22H22BrFN8.C14H23BN2O4.C9H15BN2O2.C5H9BrO2.2HI/c1-29(2,27(42)43-4)41-18-21(14-36-41)20-13-25-26(35-19-37-40(25)17-20)38-9-11-39(12-10-38)28-33-15-23(16-34-28)30(3,32)22-5-7-24(31)8-6-22;1-22(25,15-2-4-18(24)5-3-15)16-11-26-21(27-12-16)31-8-6-30(7-9-31)20-19-10-17(23)13-32(19)29-14-28-20;1-12(2,11(18)19-7)17-9-10(8-16-17)15-20-13(3,4)14(5,6)21-15;1-8(2)9(3,4)14-10(13-8)7-5-11-12-6-7;1-5(2,6)4(7)8-3;;/h5-8,13-19H,9-12,32H2,1-4H3;2-5,10-14H,6-9,25H2,1H3;8-9H,1-7H3;5-6H,1-4H3,(H,11,12);1-3H3;2*1H/p-2/t30-;22-;;;;;/m00...../s1. The quantitative estimate of drug-likeness (QED) is 0.0411.